The quantitative estimate of drug-likeness (QED) is 0.292. The summed E-state index contributed by atoms with van der Waals surface area (Å²) in [6.45, 7) is 0. The van der Waals surface area contributed by atoms with Crippen LogP contribution in [0.4, 0.5) is 0 Å². The standard InChI is InChI=1S/C31H20O/c32-30(22-16-9-11-20-10-1-2-12-21(20)22)31-26-17-6-3-13-23(26)29(24-14-4-7-18-27(24)31)25-15-5-8-19-28(25)31/h1-19,29H. The second kappa shape index (κ2) is 6.27. The summed E-state index contributed by atoms with van der Waals surface area (Å²) in [7, 11) is 0. The lowest BCUT2D eigenvalue weighted by atomic mass is 9.51. The van der Waals surface area contributed by atoms with Crippen molar-refractivity contribution in [2.75, 3.05) is 0 Å². The number of benzene rings is 5. The molecule has 0 atom stereocenters. The van der Waals surface area contributed by atoms with E-state index >= 15 is 0 Å². The van der Waals surface area contributed by atoms with Crippen LogP contribution < -0.4 is 0 Å². The van der Waals surface area contributed by atoms with Gasteiger partial charge in [0.1, 0.15) is 5.41 Å². The SMILES string of the molecule is O=C(c1cccc2ccccc12)C12c3ccccc3C(c3ccccc31)c1ccccc12. The van der Waals surface area contributed by atoms with Crippen molar-refractivity contribution >= 4 is 16.6 Å². The Morgan fingerprint density at radius 2 is 1.00 bits per heavy atom. The topological polar surface area (TPSA) is 17.1 Å². The summed E-state index contributed by atoms with van der Waals surface area (Å²) in [5, 5.41) is 2.10. The lowest BCUT2D eigenvalue weighted by Crippen LogP contribution is -2.48. The maximum atomic E-state index is 14.9. The summed E-state index contributed by atoms with van der Waals surface area (Å²) < 4.78 is 0. The molecule has 0 aliphatic heterocycles. The monoisotopic (exact) mass is 408 g/mol. The first-order valence-electron chi connectivity index (χ1n) is 11.1. The summed E-state index contributed by atoms with van der Waals surface area (Å²) in [6, 6.07) is 39.9. The molecule has 0 heterocycles. The molecule has 32 heavy (non-hydrogen) atoms. The minimum atomic E-state index is -0.845. The molecular weight excluding hydrogens is 388 g/mol. The first kappa shape index (κ1) is 17.7. The lowest BCUT2D eigenvalue weighted by molar-refractivity contribution is 0.0930. The molecule has 0 radical (unpaired) electrons. The Bertz CT molecular complexity index is 1440. The highest BCUT2D eigenvalue weighted by Gasteiger charge is 2.55. The van der Waals surface area contributed by atoms with Crippen molar-refractivity contribution in [2.45, 2.75) is 11.3 Å². The second-order valence-electron chi connectivity index (χ2n) is 8.80. The minimum absolute atomic E-state index is 0.153. The zero-order valence-electron chi connectivity index (χ0n) is 17.5. The zero-order valence-corrected chi connectivity index (χ0v) is 17.5. The van der Waals surface area contributed by atoms with Gasteiger partial charge in [-0.15, -0.1) is 0 Å². The van der Waals surface area contributed by atoms with E-state index in [1.165, 1.54) is 16.7 Å². The van der Waals surface area contributed by atoms with E-state index < -0.39 is 5.41 Å². The largest absolute Gasteiger partial charge is 0.292 e. The average molecular weight is 409 g/mol. The predicted molar refractivity (Wildman–Crippen MR) is 128 cm³/mol. The molecule has 1 heteroatoms. The average Bonchev–Trinajstić information content (AvgIpc) is 2.87. The molecule has 0 N–H and O–H groups in total. The van der Waals surface area contributed by atoms with E-state index in [9.17, 15) is 4.79 Å². The summed E-state index contributed by atoms with van der Waals surface area (Å²) in [5.74, 6) is 0.320. The van der Waals surface area contributed by atoms with Gasteiger partial charge in [-0.3, -0.25) is 4.79 Å². The highest BCUT2D eigenvalue weighted by Crippen LogP contribution is 2.60. The molecule has 0 saturated heterocycles. The lowest BCUT2D eigenvalue weighted by Gasteiger charge is -2.49. The highest BCUT2D eigenvalue weighted by molar-refractivity contribution is 6.17. The van der Waals surface area contributed by atoms with Crippen molar-refractivity contribution in [1.29, 1.82) is 0 Å². The number of hydrogen-bond donors (Lipinski definition) is 0. The molecule has 3 aliphatic carbocycles. The fraction of sp³-hybridized carbons (Fsp3) is 0.0645. The summed E-state index contributed by atoms with van der Waals surface area (Å²) in [4.78, 5) is 14.9. The smallest absolute Gasteiger partial charge is 0.182 e. The maximum absolute atomic E-state index is 14.9. The van der Waals surface area contributed by atoms with Crippen LogP contribution in [0.1, 0.15) is 49.7 Å². The van der Waals surface area contributed by atoms with Gasteiger partial charge in [-0.25, -0.2) is 0 Å². The number of carbonyl (C=O) groups is 1. The van der Waals surface area contributed by atoms with E-state index in [-0.39, 0.29) is 11.7 Å². The van der Waals surface area contributed by atoms with Gasteiger partial charge in [0.05, 0.1) is 0 Å². The summed E-state index contributed by atoms with van der Waals surface area (Å²) in [5.41, 5.74) is 7.06. The molecule has 2 bridgehead atoms. The predicted octanol–water partition coefficient (Wildman–Crippen LogP) is 6.86. The van der Waals surface area contributed by atoms with Crippen molar-refractivity contribution in [3.63, 3.8) is 0 Å². The first-order valence-corrected chi connectivity index (χ1v) is 11.1. The molecular formula is C31H20O. The van der Waals surface area contributed by atoms with Gasteiger partial charge in [-0.2, -0.15) is 0 Å². The third-order valence-corrected chi connectivity index (χ3v) is 7.40. The number of rotatable bonds is 2. The van der Waals surface area contributed by atoms with Crippen LogP contribution in [-0.2, 0) is 5.41 Å². The number of carbonyl (C=O) groups excluding carboxylic acids is 1. The summed E-state index contributed by atoms with van der Waals surface area (Å²) in [6.07, 6.45) is 0. The zero-order chi connectivity index (χ0) is 21.3. The van der Waals surface area contributed by atoms with Crippen molar-refractivity contribution in [1.82, 2.24) is 0 Å². The Labute approximate surface area is 187 Å². The van der Waals surface area contributed by atoms with Crippen molar-refractivity contribution < 1.29 is 4.79 Å². The highest BCUT2D eigenvalue weighted by atomic mass is 16.1. The summed E-state index contributed by atoms with van der Waals surface area (Å²) >= 11 is 0. The van der Waals surface area contributed by atoms with E-state index in [2.05, 4.69) is 91.0 Å². The number of ketones is 1. The molecule has 8 rings (SSSR count). The van der Waals surface area contributed by atoms with Crippen LogP contribution in [0.5, 0.6) is 0 Å². The van der Waals surface area contributed by atoms with E-state index in [0.29, 0.717) is 0 Å². The van der Waals surface area contributed by atoms with Gasteiger partial charge in [0.15, 0.2) is 5.78 Å². The molecule has 5 aromatic rings. The van der Waals surface area contributed by atoms with Gasteiger partial charge in [0, 0.05) is 11.5 Å². The normalized spacial score (nSPS) is 19.8. The van der Waals surface area contributed by atoms with E-state index in [1.54, 1.807) is 0 Å². The van der Waals surface area contributed by atoms with Crippen LogP contribution in [0.3, 0.4) is 0 Å². The van der Waals surface area contributed by atoms with Gasteiger partial charge in [0.2, 0.25) is 0 Å². The maximum Gasteiger partial charge on any atom is 0.182 e. The number of hydrogen-bond acceptors (Lipinski definition) is 1. The van der Waals surface area contributed by atoms with Gasteiger partial charge < -0.3 is 0 Å². The molecule has 1 nitrogen and oxygen atoms in total. The van der Waals surface area contributed by atoms with Gasteiger partial charge in [-0.1, -0.05) is 115 Å². The molecule has 0 fully saturated rings. The Kier molecular flexibility index (Phi) is 3.47. The van der Waals surface area contributed by atoms with Crippen LogP contribution >= 0.6 is 0 Å². The molecule has 5 aromatic carbocycles. The molecule has 0 saturated carbocycles. The molecule has 0 spiro atoms. The fourth-order valence-electron chi connectivity index (χ4n) is 6.20. The molecule has 3 aliphatic rings. The third kappa shape index (κ3) is 2.01. The van der Waals surface area contributed by atoms with E-state index in [4.69, 9.17) is 0 Å². The molecule has 0 unspecified atom stereocenters. The molecule has 0 aromatic heterocycles. The van der Waals surface area contributed by atoms with Crippen LogP contribution in [0.25, 0.3) is 10.8 Å². The third-order valence-electron chi connectivity index (χ3n) is 7.40. The van der Waals surface area contributed by atoms with E-state index in [1.807, 2.05) is 24.3 Å². The second-order valence-corrected chi connectivity index (χ2v) is 8.80. The van der Waals surface area contributed by atoms with Crippen LogP contribution in [0.15, 0.2) is 115 Å². The van der Waals surface area contributed by atoms with Gasteiger partial charge in [-0.05, 0) is 44.2 Å². The molecule has 150 valence electrons. The fourth-order valence-corrected chi connectivity index (χ4v) is 6.20. The Hall–Kier alpha value is -3.97. The van der Waals surface area contributed by atoms with Crippen LogP contribution in [-0.4, -0.2) is 5.78 Å². The van der Waals surface area contributed by atoms with Crippen molar-refractivity contribution in [3.05, 3.63) is 154 Å². The van der Waals surface area contributed by atoms with E-state index in [0.717, 1.165) is 33.0 Å². The Balaban J connectivity index is 1.65. The Morgan fingerprint density at radius 1 is 0.531 bits per heavy atom. The molecule has 0 amide bonds. The Morgan fingerprint density at radius 3 is 1.59 bits per heavy atom. The van der Waals surface area contributed by atoms with Crippen LogP contribution in [0, 0.1) is 0 Å². The van der Waals surface area contributed by atoms with Gasteiger partial charge >= 0.3 is 0 Å². The minimum Gasteiger partial charge on any atom is -0.292 e. The number of fused-ring (bicyclic) bond motifs is 1. The van der Waals surface area contributed by atoms with Crippen LogP contribution in [0.2, 0.25) is 0 Å². The van der Waals surface area contributed by atoms with Gasteiger partial charge in [0.25, 0.3) is 0 Å². The van der Waals surface area contributed by atoms with Crippen molar-refractivity contribution in [3.8, 4) is 0 Å². The number of Topliss-reactive ketones (excluding diaryl/α,β-unsaturated/α-hetero) is 1. The first-order chi connectivity index (χ1) is 15.8. The van der Waals surface area contributed by atoms with Crippen molar-refractivity contribution in [2.24, 2.45) is 0 Å².